The number of amides is 1. The molecular formula is C20H22BrF3N4O2. The van der Waals surface area contributed by atoms with Crippen molar-refractivity contribution in [3.63, 3.8) is 0 Å². The Bertz CT molecular complexity index is 985. The average molecular weight is 487 g/mol. The van der Waals surface area contributed by atoms with Gasteiger partial charge in [-0.05, 0) is 55.6 Å². The van der Waals surface area contributed by atoms with E-state index < -0.39 is 24.3 Å². The van der Waals surface area contributed by atoms with Gasteiger partial charge < -0.3 is 15.0 Å². The molecule has 162 valence electrons. The van der Waals surface area contributed by atoms with Crippen LogP contribution < -0.4 is 10.1 Å². The van der Waals surface area contributed by atoms with Gasteiger partial charge in [-0.2, -0.15) is 18.3 Å². The highest BCUT2D eigenvalue weighted by atomic mass is 79.9. The number of carbonyl (C=O) groups is 1. The summed E-state index contributed by atoms with van der Waals surface area (Å²) in [6, 6.07) is 0. The summed E-state index contributed by atoms with van der Waals surface area (Å²) in [5.41, 5.74) is 2.00. The summed E-state index contributed by atoms with van der Waals surface area (Å²) in [6.07, 6.45) is -0.410. The van der Waals surface area contributed by atoms with Crippen LogP contribution >= 0.6 is 15.9 Å². The number of rotatable bonds is 4. The predicted molar refractivity (Wildman–Crippen MR) is 109 cm³/mol. The van der Waals surface area contributed by atoms with Crippen LogP contribution in [-0.2, 0) is 23.9 Å². The minimum atomic E-state index is -4.61. The molecule has 0 aliphatic carbocycles. The first-order chi connectivity index (χ1) is 14.0. The summed E-state index contributed by atoms with van der Waals surface area (Å²) in [5.74, 6) is -0.532. The van der Waals surface area contributed by atoms with Crippen LogP contribution in [-0.4, -0.2) is 27.2 Å². The van der Waals surface area contributed by atoms with E-state index in [2.05, 4.69) is 32.9 Å². The fourth-order valence-electron chi connectivity index (χ4n) is 3.19. The van der Waals surface area contributed by atoms with Crippen molar-refractivity contribution in [2.24, 2.45) is 0 Å². The lowest BCUT2D eigenvalue weighted by atomic mass is 10.1. The number of nitrogens with one attached hydrogen (secondary N) is 1. The number of alkyl halides is 3. The van der Waals surface area contributed by atoms with E-state index in [4.69, 9.17) is 4.74 Å². The van der Waals surface area contributed by atoms with E-state index in [1.165, 1.54) is 0 Å². The van der Waals surface area contributed by atoms with Crippen molar-refractivity contribution in [3.05, 3.63) is 57.3 Å². The summed E-state index contributed by atoms with van der Waals surface area (Å²) >= 11 is 3.41. The number of carbonyl (C=O) groups excluding carboxylic acids is 1. The quantitative estimate of drug-likeness (QED) is 0.675. The third-order valence-electron chi connectivity index (χ3n) is 4.87. The number of aromatic nitrogens is 2. The third kappa shape index (κ3) is 4.48. The summed E-state index contributed by atoms with van der Waals surface area (Å²) in [4.78, 5) is 14.5. The molecule has 1 aromatic rings. The molecule has 3 rings (SSSR count). The van der Waals surface area contributed by atoms with E-state index in [9.17, 15) is 18.0 Å². The van der Waals surface area contributed by atoms with Crippen molar-refractivity contribution in [3.8, 4) is 5.88 Å². The maximum absolute atomic E-state index is 13.3. The van der Waals surface area contributed by atoms with Gasteiger partial charge in [-0.1, -0.05) is 12.2 Å². The Morgan fingerprint density at radius 3 is 2.70 bits per heavy atom. The second-order valence-corrected chi connectivity index (χ2v) is 8.18. The van der Waals surface area contributed by atoms with Gasteiger partial charge in [-0.15, -0.1) is 0 Å². The largest absolute Gasteiger partial charge is 0.478 e. The van der Waals surface area contributed by atoms with Gasteiger partial charge in [0.25, 0.3) is 0 Å². The predicted octanol–water partition coefficient (Wildman–Crippen LogP) is 4.61. The van der Waals surface area contributed by atoms with Gasteiger partial charge in [0, 0.05) is 21.9 Å². The summed E-state index contributed by atoms with van der Waals surface area (Å²) in [7, 11) is 0. The van der Waals surface area contributed by atoms with Crippen LogP contribution in [0.25, 0.3) is 0 Å². The van der Waals surface area contributed by atoms with Crippen molar-refractivity contribution in [1.82, 2.24) is 20.0 Å². The van der Waals surface area contributed by atoms with E-state index in [-0.39, 0.29) is 24.5 Å². The Morgan fingerprint density at radius 2 is 2.07 bits per heavy atom. The lowest BCUT2D eigenvalue weighted by molar-refractivity contribution is -0.142. The first-order valence-corrected chi connectivity index (χ1v) is 10.1. The molecule has 0 saturated carbocycles. The smallest absolute Gasteiger partial charge is 0.435 e. The molecule has 0 unspecified atom stereocenters. The lowest BCUT2D eigenvalue weighted by Crippen LogP contribution is -2.33. The number of fused-ring (bicyclic) bond motifs is 1. The number of hydrogen-bond donors (Lipinski definition) is 1. The maximum atomic E-state index is 13.3. The highest BCUT2D eigenvalue weighted by Gasteiger charge is 2.40. The normalized spacial score (nSPS) is 16.4. The molecule has 1 N–H and O–H groups in total. The molecule has 2 aliphatic rings. The van der Waals surface area contributed by atoms with Gasteiger partial charge >= 0.3 is 6.18 Å². The highest BCUT2D eigenvalue weighted by Crippen LogP contribution is 2.38. The first-order valence-electron chi connectivity index (χ1n) is 9.30. The molecule has 1 amide bonds. The molecule has 2 aliphatic heterocycles. The van der Waals surface area contributed by atoms with Crippen LogP contribution in [0.3, 0.4) is 0 Å². The second kappa shape index (κ2) is 8.33. The summed E-state index contributed by atoms with van der Waals surface area (Å²) < 4.78 is 47.0. The Morgan fingerprint density at radius 1 is 1.37 bits per heavy atom. The Hall–Kier alpha value is -2.49. The van der Waals surface area contributed by atoms with E-state index in [0.717, 1.165) is 16.0 Å². The van der Waals surface area contributed by atoms with Crippen molar-refractivity contribution in [2.45, 2.75) is 46.3 Å². The fourth-order valence-corrected chi connectivity index (χ4v) is 3.62. The van der Waals surface area contributed by atoms with Gasteiger partial charge in [-0.3, -0.25) is 4.79 Å². The Balaban J connectivity index is 1.81. The first kappa shape index (κ1) is 22.2. The molecular weight excluding hydrogens is 465 g/mol. The molecule has 3 heterocycles. The fraction of sp³-hybridized carbons (Fsp3) is 0.400. The third-order valence-corrected chi connectivity index (χ3v) is 5.30. The number of allylic oxidation sites excluding steroid dienone is 4. The number of halogens is 4. The molecule has 6 nitrogen and oxygen atoms in total. The Kier molecular flexibility index (Phi) is 6.16. The maximum Gasteiger partial charge on any atom is 0.435 e. The van der Waals surface area contributed by atoms with Crippen molar-refractivity contribution >= 4 is 21.8 Å². The van der Waals surface area contributed by atoms with Gasteiger partial charge in [0.05, 0.1) is 18.0 Å². The zero-order valence-corrected chi connectivity index (χ0v) is 18.4. The van der Waals surface area contributed by atoms with E-state index in [1.54, 1.807) is 6.08 Å². The zero-order valence-electron chi connectivity index (χ0n) is 16.9. The molecule has 0 atom stereocenters. The monoisotopic (exact) mass is 486 g/mol. The van der Waals surface area contributed by atoms with Gasteiger partial charge in [0.15, 0.2) is 5.69 Å². The highest BCUT2D eigenvalue weighted by molar-refractivity contribution is 9.11. The van der Waals surface area contributed by atoms with E-state index in [0.29, 0.717) is 22.3 Å². The minimum Gasteiger partial charge on any atom is -0.478 e. The van der Waals surface area contributed by atoms with Crippen LogP contribution in [0.2, 0.25) is 0 Å². The molecule has 0 spiro atoms. The van der Waals surface area contributed by atoms with Gasteiger partial charge in [0.1, 0.15) is 6.54 Å². The molecule has 0 saturated heterocycles. The Labute approximate surface area is 180 Å². The van der Waals surface area contributed by atoms with Crippen molar-refractivity contribution in [2.75, 3.05) is 6.61 Å². The van der Waals surface area contributed by atoms with Crippen LogP contribution in [0.15, 0.2) is 46.0 Å². The van der Waals surface area contributed by atoms with Gasteiger partial charge in [0.2, 0.25) is 11.8 Å². The zero-order chi connectivity index (χ0) is 22.2. The molecule has 0 radical (unpaired) electrons. The SMILES string of the molecule is C=C1C(NC(=O)Cn2nc(C(F)(F)F)c3c2OCCC3)=CC(Br)=CN1C(C)=C(C)C. The number of hydrogen-bond acceptors (Lipinski definition) is 4. The van der Waals surface area contributed by atoms with Crippen molar-refractivity contribution < 1.29 is 22.7 Å². The number of nitrogens with zero attached hydrogens (tertiary/aromatic N) is 3. The van der Waals surface area contributed by atoms with Crippen LogP contribution in [0, 0.1) is 0 Å². The summed E-state index contributed by atoms with van der Waals surface area (Å²) in [5, 5.41) is 6.34. The van der Waals surface area contributed by atoms with Gasteiger partial charge in [-0.25, -0.2) is 4.68 Å². The average Bonchev–Trinajstić information content (AvgIpc) is 3.02. The minimum absolute atomic E-state index is 0.00104. The molecule has 0 aromatic carbocycles. The standard InChI is InChI=1S/C20H22BrF3N4O2/c1-11(2)12(3)27-9-14(21)8-16(13(27)4)25-17(29)10-28-19-15(6-5-7-30-19)18(26-28)20(22,23)24/h8-9H,4-7,10H2,1-3H3,(H,25,29). The second-order valence-electron chi connectivity index (χ2n) is 7.26. The molecule has 1 aromatic heterocycles. The molecule has 10 heteroatoms. The topological polar surface area (TPSA) is 59.4 Å². The van der Waals surface area contributed by atoms with Crippen LogP contribution in [0.4, 0.5) is 13.2 Å². The lowest BCUT2D eigenvalue weighted by Gasteiger charge is -2.30. The molecule has 0 bridgehead atoms. The molecule has 0 fully saturated rings. The van der Waals surface area contributed by atoms with Crippen LogP contribution in [0.1, 0.15) is 38.4 Å². The van der Waals surface area contributed by atoms with E-state index in [1.807, 2.05) is 31.9 Å². The summed E-state index contributed by atoms with van der Waals surface area (Å²) in [6.45, 7) is 9.75. The molecule has 30 heavy (non-hydrogen) atoms. The van der Waals surface area contributed by atoms with E-state index >= 15 is 0 Å². The van der Waals surface area contributed by atoms with Crippen LogP contribution in [0.5, 0.6) is 5.88 Å². The van der Waals surface area contributed by atoms with Crippen molar-refractivity contribution in [1.29, 1.82) is 0 Å². The number of ether oxygens (including phenoxy) is 1.